The van der Waals surface area contributed by atoms with Crippen molar-refractivity contribution in [3.8, 4) is 5.75 Å². The Balaban J connectivity index is 1.48. The molecule has 1 aliphatic heterocycles. The van der Waals surface area contributed by atoms with Crippen molar-refractivity contribution in [2.24, 2.45) is 0 Å². The minimum Gasteiger partial charge on any atom is -0.490 e. The number of carbonyl (C=O) groups excluding carboxylic acids is 3. The number of rotatable bonds is 8. The third-order valence-corrected chi connectivity index (χ3v) is 6.34. The lowest BCUT2D eigenvalue weighted by molar-refractivity contribution is 0.0636. The van der Waals surface area contributed by atoms with Crippen molar-refractivity contribution in [3.63, 3.8) is 0 Å². The molecule has 2 amide bonds. The van der Waals surface area contributed by atoms with Crippen LogP contribution in [0.5, 0.6) is 5.75 Å². The zero-order valence-corrected chi connectivity index (χ0v) is 19.6. The van der Waals surface area contributed by atoms with Gasteiger partial charge in [0.1, 0.15) is 5.69 Å². The minimum atomic E-state index is -0.370. The number of pyridine rings is 1. The summed E-state index contributed by atoms with van der Waals surface area (Å²) < 4.78 is 7.44. The summed E-state index contributed by atoms with van der Waals surface area (Å²) in [5.74, 6) is -0.527. The van der Waals surface area contributed by atoms with Gasteiger partial charge in [-0.1, -0.05) is 42.5 Å². The number of hydrogen-bond donors (Lipinski definition) is 0. The molecule has 2 aromatic carbocycles. The molecule has 0 aliphatic carbocycles. The molecule has 0 saturated carbocycles. The highest BCUT2D eigenvalue weighted by Gasteiger charge is 2.37. The van der Waals surface area contributed by atoms with Crippen molar-refractivity contribution in [1.82, 2.24) is 14.3 Å². The zero-order chi connectivity index (χ0) is 24.5. The van der Waals surface area contributed by atoms with E-state index < -0.39 is 0 Å². The predicted molar refractivity (Wildman–Crippen MR) is 131 cm³/mol. The Hall–Kier alpha value is -4.26. The number of benzene rings is 2. The summed E-state index contributed by atoms with van der Waals surface area (Å²) in [4.78, 5) is 45.5. The predicted octanol–water partition coefficient (Wildman–Crippen LogP) is 4.69. The summed E-state index contributed by atoms with van der Waals surface area (Å²) >= 11 is 0. The summed E-state index contributed by atoms with van der Waals surface area (Å²) in [5.41, 5.74) is 3.36. The quantitative estimate of drug-likeness (QED) is 0.277. The van der Waals surface area contributed by atoms with E-state index in [1.807, 2.05) is 49.4 Å². The Labute approximate surface area is 203 Å². The first-order chi connectivity index (χ1) is 17.0. The third-order valence-electron chi connectivity index (χ3n) is 6.34. The molecule has 1 aliphatic rings. The van der Waals surface area contributed by atoms with Crippen molar-refractivity contribution in [3.05, 3.63) is 101 Å². The van der Waals surface area contributed by atoms with Crippen LogP contribution in [0.4, 0.5) is 0 Å². The van der Waals surface area contributed by atoms with Gasteiger partial charge in [0.25, 0.3) is 11.8 Å². The number of fused-ring (bicyclic) bond motifs is 2. The van der Waals surface area contributed by atoms with Crippen LogP contribution in [-0.2, 0) is 0 Å². The molecule has 0 unspecified atom stereocenters. The maximum atomic E-state index is 13.7. The fraction of sp³-hybridized carbons (Fsp3) is 0.214. The number of imide groups is 1. The van der Waals surface area contributed by atoms with E-state index in [-0.39, 0.29) is 36.5 Å². The standard InChI is InChI=1S/C28H25N3O4/c1-3-35-24-14-9-15-30-25(18(2)29-26(24)30)23(32)16-20(19-10-5-4-6-11-19)17-31-27(33)21-12-7-8-13-22(21)28(31)34/h4-15,20H,3,16-17H2,1-2H3/t20-/m0/s1. The summed E-state index contributed by atoms with van der Waals surface area (Å²) in [6.45, 7) is 4.31. The second-order valence-corrected chi connectivity index (χ2v) is 8.55. The largest absolute Gasteiger partial charge is 0.490 e. The van der Waals surface area contributed by atoms with Crippen molar-refractivity contribution < 1.29 is 19.1 Å². The molecule has 0 fully saturated rings. The highest BCUT2D eigenvalue weighted by Crippen LogP contribution is 2.30. The van der Waals surface area contributed by atoms with Crippen LogP contribution in [0.3, 0.4) is 0 Å². The molecule has 5 rings (SSSR count). The molecule has 7 heteroatoms. The van der Waals surface area contributed by atoms with E-state index >= 15 is 0 Å². The monoisotopic (exact) mass is 467 g/mol. The molecule has 0 N–H and O–H groups in total. The number of carbonyl (C=O) groups is 3. The molecule has 0 saturated heterocycles. The van der Waals surface area contributed by atoms with Gasteiger partial charge in [-0.05, 0) is 43.7 Å². The lowest BCUT2D eigenvalue weighted by Crippen LogP contribution is -2.34. The first-order valence-electron chi connectivity index (χ1n) is 11.6. The second kappa shape index (κ2) is 9.18. The van der Waals surface area contributed by atoms with Gasteiger partial charge in [-0.3, -0.25) is 23.7 Å². The number of Topliss-reactive ketones (excluding diaryl/α,β-unsaturated/α-hetero) is 1. The summed E-state index contributed by atoms with van der Waals surface area (Å²) in [5, 5.41) is 0. The zero-order valence-electron chi connectivity index (χ0n) is 19.6. The molecular weight excluding hydrogens is 442 g/mol. The number of amides is 2. The van der Waals surface area contributed by atoms with Gasteiger partial charge in [0, 0.05) is 25.1 Å². The van der Waals surface area contributed by atoms with E-state index in [1.54, 1.807) is 41.8 Å². The molecule has 3 heterocycles. The molecule has 1 atom stereocenters. The third kappa shape index (κ3) is 3.99. The smallest absolute Gasteiger partial charge is 0.261 e. The van der Waals surface area contributed by atoms with Crippen LogP contribution in [0.25, 0.3) is 5.65 Å². The first-order valence-corrected chi connectivity index (χ1v) is 11.6. The summed E-state index contributed by atoms with van der Waals surface area (Å²) in [6, 6.07) is 20.0. The van der Waals surface area contributed by atoms with E-state index in [2.05, 4.69) is 4.98 Å². The Morgan fingerprint density at radius 1 is 0.943 bits per heavy atom. The van der Waals surface area contributed by atoms with Crippen LogP contribution >= 0.6 is 0 Å². The lowest BCUT2D eigenvalue weighted by atomic mass is 9.92. The van der Waals surface area contributed by atoms with Gasteiger partial charge in [-0.25, -0.2) is 4.98 Å². The normalized spacial score (nSPS) is 13.8. The number of ketones is 1. The average molecular weight is 468 g/mol. The van der Waals surface area contributed by atoms with Crippen LogP contribution in [0, 0.1) is 6.92 Å². The summed E-state index contributed by atoms with van der Waals surface area (Å²) in [6.07, 6.45) is 1.91. The molecule has 2 aromatic heterocycles. The van der Waals surface area contributed by atoms with Gasteiger partial charge in [0.15, 0.2) is 17.2 Å². The van der Waals surface area contributed by atoms with Gasteiger partial charge in [-0.2, -0.15) is 0 Å². The SMILES string of the molecule is CCOc1cccn2c(C(=O)C[C@@H](CN3C(=O)c4ccccc4C3=O)c3ccccc3)c(C)nc12. The maximum Gasteiger partial charge on any atom is 0.261 e. The molecule has 35 heavy (non-hydrogen) atoms. The highest BCUT2D eigenvalue weighted by molar-refractivity contribution is 6.21. The van der Waals surface area contributed by atoms with Crippen molar-refractivity contribution in [2.75, 3.05) is 13.2 Å². The average Bonchev–Trinajstić information content (AvgIpc) is 3.34. The second-order valence-electron chi connectivity index (χ2n) is 8.55. The van der Waals surface area contributed by atoms with E-state index in [1.165, 1.54) is 4.90 Å². The van der Waals surface area contributed by atoms with Crippen LogP contribution in [0.2, 0.25) is 0 Å². The molecule has 0 spiro atoms. The molecule has 4 aromatic rings. The number of nitrogens with zero attached hydrogens (tertiary/aromatic N) is 3. The van der Waals surface area contributed by atoms with Gasteiger partial charge in [-0.15, -0.1) is 0 Å². The summed E-state index contributed by atoms with van der Waals surface area (Å²) in [7, 11) is 0. The van der Waals surface area contributed by atoms with Crippen LogP contribution in [-0.4, -0.2) is 45.0 Å². The van der Waals surface area contributed by atoms with Crippen molar-refractivity contribution >= 4 is 23.2 Å². The Kier molecular flexibility index (Phi) is 5.91. The van der Waals surface area contributed by atoms with E-state index in [0.717, 1.165) is 5.56 Å². The number of aromatic nitrogens is 2. The fourth-order valence-electron chi connectivity index (χ4n) is 4.72. The molecule has 7 nitrogen and oxygen atoms in total. The van der Waals surface area contributed by atoms with Crippen LogP contribution < -0.4 is 4.74 Å². The molecule has 0 bridgehead atoms. The highest BCUT2D eigenvalue weighted by atomic mass is 16.5. The van der Waals surface area contributed by atoms with Gasteiger partial charge < -0.3 is 4.74 Å². The number of hydrogen-bond acceptors (Lipinski definition) is 5. The van der Waals surface area contributed by atoms with Gasteiger partial charge in [0.2, 0.25) is 0 Å². The first kappa shape index (κ1) is 22.5. The van der Waals surface area contributed by atoms with Crippen molar-refractivity contribution in [1.29, 1.82) is 0 Å². The fourth-order valence-corrected chi connectivity index (χ4v) is 4.72. The van der Waals surface area contributed by atoms with Crippen LogP contribution in [0.15, 0.2) is 72.9 Å². The topological polar surface area (TPSA) is 81.0 Å². The Bertz CT molecular complexity index is 1410. The van der Waals surface area contributed by atoms with E-state index in [9.17, 15) is 14.4 Å². The van der Waals surface area contributed by atoms with E-state index in [4.69, 9.17) is 4.74 Å². The van der Waals surface area contributed by atoms with Crippen molar-refractivity contribution in [2.45, 2.75) is 26.2 Å². The molecule has 176 valence electrons. The number of aryl methyl sites for hydroxylation is 1. The minimum absolute atomic E-state index is 0.113. The van der Waals surface area contributed by atoms with Gasteiger partial charge >= 0.3 is 0 Å². The molecule has 0 radical (unpaired) electrons. The molecular formula is C28H25N3O4. The number of ether oxygens (including phenoxy) is 1. The number of imidazole rings is 1. The Morgan fingerprint density at radius 2 is 1.60 bits per heavy atom. The van der Waals surface area contributed by atoms with Gasteiger partial charge in [0.05, 0.1) is 23.4 Å². The van der Waals surface area contributed by atoms with Crippen LogP contribution in [0.1, 0.15) is 61.7 Å². The Morgan fingerprint density at radius 3 is 2.26 bits per heavy atom. The van der Waals surface area contributed by atoms with E-state index in [0.29, 0.717) is 40.5 Å². The lowest BCUT2D eigenvalue weighted by Gasteiger charge is -2.23. The maximum absolute atomic E-state index is 13.7.